The van der Waals surface area contributed by atoms with E-state index in [0.29, 0.717) is 13.2 Å². The van der Waals surface area contributed by atoms with Crippen LogP contribution in [-0.4, -0.2) is 35.0 Å². The van der Waals surface area contributed by atoms with Crippen LogP contribution in [0.2, 0.25) is 0 Å². The number of carbonyl (C=O) groups excluding carboxylic acids is 1. The summed E-state index contributed by atoms with van der Waals surface area (Å²) < 4.78 is 4.78. The highest BCUT2D eigenvalue weighted by Crippen LogP contribution is 2.32. The summed E-state index contributed by atoms with van der Waals surface area (Å²) in [5, 5.41) is 11.4. The first-order valence-corrected chi connectivity index (χ1v) is 6.99. The maximum atomic E-state index is 11.2. The SMILES string of the molecule is CCOC(=O)N(N)CCCCC1(O)CCCCC1. The van der Waals surface area contributed by atoms with Gasteiger partial charge in [0.25, 0.3) is 0 Å². The zero-order chi connectivity index (χ0) is 13.4. The Kier molecular flexibility index (Phi) is 6.43. The van der Waals surface area contributed by atoms with E-state index in [2.05, 4.69) is 0 Å². The van der Waals surface area contributed by atoms with Crippen molar-refractivity contribution in [2.75, 3.05) is 13.2 Å². The van der Waals surface area contributed by atoms with Gasteiger partial charge in [0.15, 0.2) is 0 Å². The van der Waals surface area contributed by atoms with Gasteiger partial charge >= 0.3 is 6.09 Å². The Morgan fingerprint density at radius 3 is 2.61 bits per heavy atom. The highest BCUT2D eigenvalue weighted by molar-refractivity contribution is 5.66. The van der Waals surface area contributed by atoms with Gasteiger partial charge < -0.3 is 9.84 Å². The summed E-state index contributed by atoms with van der Waals surface area (Å²) in [6.07, 6.45) is 7.35. The van der Waals surface area contributed by atoms with E-state index in [1.807, 2.05) is 0 Å². The van der Waals surface area contributed by atoms with Crippen LogP contribution in [0.1, 0.15) is 58.3 Å². The van der Waals surface area contributed by atoms with Crippen molar-refractivity contribution >= 4 is 6.09 Å². The zero-order valence-electron chi connectivity index (χ0n) is 11.4. The number of hydrazine groups is 1. The Bertz CT molecular complexity index is 253. The zero-order valence-corrected chi connectivity index (χ0v) is 11.4. The van der Waals surface area contributed by atoms with Gasteiger partial charge in [-0.1, -0.05) is 19.3 Å². The molecule has 1 rings (SSSR count). The van der Waals surface area contributed by atoms with Gasteiger partial charge in [0, 0.05) is 6.54 Å². The van der Waals surface area contributed by atoms with E-state index in [1.165, 1.54) is 6.42 Å². The normalized spacial score (nSPS) is 18.4. The number of amides is 1. The summed E-state index contributed by atoms with van der Waals surface area (Å²) in [6, 6.07) is 0. The lowest BCUT2D eigenvalue weighted by Crippen LogP contribution is -2.39. The Labute approximate surface area is 109 Å². The smallest absolute Gasteiger partial charge is 0.424 e. The molecule has 0 aliphatic heterocycles. The molecule has 0 bridgehead atoms. The van der Waals surface area contributed by atoms with E-state index in [0.717, 1.165) is 50.0 Å². The summed E-state index contributed by atoms with van der Waals surface area (Å²) in [5.41, 5.74) is -0.471. The van der Waals surface area contributed by atoms with Crippen LogP contribution in [-0.2, 0) is 4.74 Å². The average Bonchev–Trinajstić information content (AvgIpc) is 2.35. The van der Waals surface area contributed by atoms with E-state index in [-0.39, 0.29) is 0 Å². The van der Waals surface area contributed by atoms with Gasteiger partial charge in [-0.2, -0.15) is 0 Å². The third-order valence-electron chi connectivity index (χ3n) is 3.58. The fourth-order valence-corrected chi connectivity index (χ4v) is 2.49. The number of nitrogens with two attached hydrogens (primary N) is 1. The van der Waals surface area contributed by atoms with Crippen molar-refractivity contribution < 1.29 is 14.6 Å². The predicted molar refractivity (Wildman–Crippen MR) is 69.8 cm³/mol. The number of aliphatic hydroxyl groups is 1. The van der Waals surface area contributed by atoms with Crippen molar-refractivity contribution in [1.82, 2.24) is 5.01 Å². The minimum atomic E-state index is -0.478. The van der Waals surface area contributed by atoms with Gasteiger partial charge in [0.1, 0.15) is 0 Å². The van der Waals surface area contributed by atoms with E-state index < -0.39 is 11.7 Å². The summed E-state index contributed by atoms with van der Waals surface area (Å²) in [6.45, 7) is 2.57. The number of rotatable bonds is 6. The quantitative estimate of drug-likeness (QED) is 0.331. The number of carbonyl (C=O) groups is 1. The van der Waals surface area contributed by atoms with Crippen LogP contribution in [0.25, 0.3) is 0 Å². The van der Waals surface area contributed by atoms with Crippen molar-refractivity contribution in [3.8, 4) is 0 Å². The summed E-state index contributed by atoms with van der Waals surface area (Å²) in [7, 11) is 0. The maximum absolute atomic E-state index is 11.2. The molecule has 18 heavy (non-hydrogen) atoms. The van der Waals surface area contributed by atoms with E-state index in [4.69, 9.17) is 10.6 Å². The summed E-state index contributed by atoms with van der Waals surface area (Å²) in [5.74, 6) is 5.55. The van der Waals surface area contributed by atoms with Gasteiger partial charge in [-0.05, 0) is 39.0 Å². The number of hydrogen-bond donors (Lipinski definition) is 2. The van der Waals surface area contributed by atoms with Crippen molar-refractivity contribution in [3.63, 3.8) is 0 Å². The molecule has 0 aromatic heterocycles. The molecule has 0 atom stereocenters. The molecule has 1 amide bonds. The van der Waals surface area contributed by atoms with Gasteiger partial charge in [0.2, 0.25) is 0 Å². The standard InChI is InChI=1S/C13H26N2O3/c1-2-18-12(16)15(14)11-7-6-10-13(17)8-4-3-5-9-13/h17H,2-11,14H2,1H3. The van der Waals surface area contributed by atoms with Gasteiger partial charge in [-0.15, -0.1) is 0 Å². The largest absolute Gasteiger partial charge is 0.449 e. The van der Waals surface area contributed by atoms with Crippen molar-refractivity contribution in [1.29, 1.82) is 0 Å². The lowest BCUT2D eigenvalue weighted by Gasteiger charge is -2.32. The summed E-state index contributed by atoms with van der Waals surface area (Å²) in [4.78, 5) is 11.2. The first kappa shape index (κ1) is 15.2. The molecule has 1 aliphatic carbocycles. The van der Waals surface area contributed by atoms with Crippen molar-refractivity contribution in [2.45, 2.75) is 63.9 Å². The molecule has 0 spiro atoms. The van der Waals surface area contributed by atoms with Crippen LogP contribution in [0.3, 0.4) is 0 Å². The number of unbranched alkanes of at least 4 members (excludes halogenated alkanes) is 1. The molecule has 3 N–H and O–H groups in total. The first-order valence-electron chi connectivity index (χ1n) is 6.99. The molecule has 5 heteroatoms. The van der Waals surface area contributed by atoms with Gasteiger partial charge in [-0.25, -0.2) is 15.6 Å². The van der Waals surface area contributed by atoms with Crippen LogP contribution >= 0.6 is 0 Å². The Balaban J connectivity index is 2.12. The minimum Gasteiger partial charge on any atom is -0.449 e. The maximum Gasteiger partial charge on any atom is 0.424 e. The molecule has 1 aliphatic rings. The van der Waals surface area contributed by atoms with Crippen molar-refractivity contribution in [2.24, 2.45) is 5.84 Å². The molecule has 106 valence electrons. The summed E-state index contributed by atoms with van der Waals surface area (Å²) >= 11 is 0. The van der Waals surface area contributed by atoms with E-state index in [9.17, 15) is 9.90 Å². The van der Waals surface area contributed by atoms with Crippen LogP contribution in [0, 0.1) is 0 Å². The van der Waals surface area contributed by atoms with E-state index in [1.54, 1.807) is 6.92 Å². The number of ether oxygens (including phenoxy) is 1. The Morgan fingerprint density at radius 2 is 2.00 bits per heavy atom. The molecule has 1 saturated carbocycles. The average molecular weight is 258 g/mol. The van der Waals surface area contributed by atoms with Crippen LogP contribution in [0.5, 0.6) is 0 Å². The molecule has 0 saturated heterocycles. The fourth-order valence-electron chi connectivity index (χ4n) is 2.49. The molecule has 1 fully saturated rings. The second-order valence-corrected chi connectivity index (χ2v) is 5.13. The third-order valence-corrected chi connectivity index (χ3v) is 3.58. The van der Waals surface area contributed by atoms with Gasteiger partial charge in [0.05, 0.1) is 12.2 Å². The molecule has 0 radical (unpaired) electrons. The molecule has 5 nitrogen and oxygen atoms in total. The number of hydrogen-bond acceptors (Lipinski definition) is 4. The molecule has 0 unspecified atom stereocenters. The lowest BCUT2D eigenvalue weighted by atomic mass is 9.81. The topological polar surface area (TPSA) is 75.8 Å². The monoisotopic (exact) mass is 258 g/mol. The van der Waals surface area contributed by atoms with Crippen LogP contribution in [0.15, 0.2) is 0 Å². The number of nitrogens with zero attached hydrogens (tertiary/aromatic N) is 1. The molecular weight excluding hydrogens is 232 g/mol. The second-order valence-electron chi connectivity index (χ2n) is 5.13. The molecule has 0 aromatic rings. The third kappa shape index (κ3) is 5.23. The Morgan fingerprint density at radius 1 is 1.33 bits per heavy atom. The Hall–Kier alpha value is -0.810. The first-order chi connectivity index (χ1) is 8.57. The van der Waals surface area contributed by atoms with Crippen molar-refractivity contribution in [3.05, 3.63) is 0 Å². The molecule has 0 aromatic carbocycles. The molecular formula is C13H26N2O3. The molecule has 0 heterocycles. The fraction of sp³-hybridized carbons (Fsp3) is 0.923. The highest BCUT2D eigenvalue weighted by Gasteiger charge is 2.28. The van der Waals surface area contributed by atoms with Crippen LogP contribution < -0.4 is 5.84 Å². The highest BCUT2D eigenvalue weighted by atomic mass is 16.6. The second kappa shape index (κ2) is 7.59. The predicted octanol–water partition coefficient (Wildman–Crippen LogP) is 2.18. The van der Waals surface area contributed by atoms with Crippen LogP contribution in [0.4, 0.5) is 4.79 Å². The lowest BCUT2D eigenvalue weighted by molar-refractivity contribution is -0.00620. The minimum absolute atomic E-state index is 0.340. The van der Waals surface area contributed by atoms with Gasteiger partial charge in [-0.3, -0.25) is 0 Å². The van der Waals surface area contributed by atoms with E-state index >= 15 is 0 Å².